The maximum atomic E-state index is 5.88. The van der Waals surface area contributed by atoms with Crippen LogP contribution in [0.25, 0.3) is 0 Å². The Kier molecular flexibility index (Phi) is 8.79. The molecule has 30 heavy (non-hydrogen) atoms. The summed E-state index contributed by atoms with van der Waals surface area (Å²) in [6, 6.07) is 0. The molecular weight excluding hydrogens is 364 g/mol. The van der Waals surface area contributed by atoms with Crippen molar-refractivity contribution < 1.29 is 4.74 Å². The zero-order chi connectivity index (χ0) is 20.8. The highest BCUT2D eigenvalue weighted by atomic mass is 16.5. The van der Waals surface area contributed by atoms with Gasteiger partial charge in [0.2, 0.25) is 0 Å². The molecule has 0 atom stereocenters. The van der Waals surface area contributed by atoms with E-state index in [1.807, 2.05) is 0 Å². The summed E-state index contributed by atoms with van der Waals surface area (Å²) >= 11 is 0. The molecule has 0 saturated heterocycles. The van der Waals surface area contributed by atoms with Crippen molar-refractivity contribution in [3.05, 3.63) is 12.2 Å². The molecule has 0 unspecified atom stereocenters. The van der Waals surface area contributed by atoms with Gasteiger partial charge in [-0.25, -0.2) is 0 Å². The van der Waals surface area contributed by atoms with E-state index in [4.69, 9.17) is 4.74 Å². The van der Waals surface area contributed by atoms with E-state index in [2.05, 4.69) is 26.0 Å². The predicted octanol–water partition coefficient (Wildman–Crippen LogP) is 8.58. The van der Waals surface area contributed by atoms with Crippen molar-refractivity contribution in [1.29, 1.82) is 0 Å². The molecule has 0 amide bonds. The van der Waals surface area contributed by atoms with Gasteiger partial charge < -0.3 is 4.74 Å². The number of hydrogen-bond donors (Lipinski definition) is 0. The number of allylic oxidation sites excluding steroid dienone is 2. The minimum Gasteiger partial charge on any atom is -0.379 e. The average molecular weight is 415 g/mol. The van der Waals surface area contributed by atoms with Crippen molar-refractivity contribution in [1.82, 2.24) is 0 Å². The van der Waals surface area contributed by atoms with Gasteiger partial charge in [-0.2, -0.15) is 0 Å². The summed E-state index contributed by atoms with van der Waals surface area (Å²) in [6.07, 6.45) is 29.3. The second-order valence-corrected chi connectivity index (χ2v) is 11.5. The Morgan fingerprint density at radius 2 is 0.867 bits per heavy atom. The van der Waals surface area contributed by atoms with Gasteiger partial charge >= 0.3 is 0 Å². The first-order valence-electron chi connectivity index (χ1n) is 14.0. The van der Waals surface area contributed by atoms with Crippen molar-refractivity contribution >= 4 is 0 Å². The molecule has 4 fully saturated rings. The summed E-state index contributed by atoms with van der Waals surface area (Å²) in [7, 11) is 0. The fourth-order valence-corrected chi connectivity index (χ4v) is 8.22. The summed E-state index contributed by atoms with van der Waals surface area (Å²) in [4.78, 5) is 0. The van der Waals surface area contributed by atoms with Gasteiger partial charge in [0.05, 0.1) is 6.10 Å². The molecule has 1 heteroatoms. The van der Waals surface area contributed by atoms with Crippen LogP contribution in [0.15, 0.2) is 12.2 Å². The lowest BCUT2D eigenvalue weighted by molar-refractivity contribution is 0.0112. The molecule has 0 spiro atoms. The van der Waals surface area contributed by atoms with Crippen molar-refractivity contribution in [2.45, 2.75) is 123 Å². The fourth-order valence-electron chi connectivity index (χ4n) is 8.22. The summed E-state index contributed by atoms with van der Waals surface area (Å²) in [5, 5.41) is 0. The van der Waals surface area contributed by atoms with E-state index in [0.29, 0.717) is 6.10 Å². The number of hydrogen-bond acceptors (Lipinski definition) is 1. The van der Waals surface area contributed by atoms with Gasteiger partial charge in [0, 0.05) is 6.61 Å². The molecule has 0 aromatic rings. The zero-order valence-electron chi connectivity index (χ0n) is 20.2. The Morgan fingerprint density at radius 3 is 1.20 bits per heavy atom. The van der Waals surface area contributed by atoms with E-state index in [1.54, 1.807) is 51.4 Å². The Bertz CT molecular complexity index is 492. The molecule has 1 nitrogen and oxygen atoms in total. The Labute approximate surface area is 187 Å². The lowest BCUT2D eigenvalue weighted by atomic mass is 9.63. The second-order valence-electron chi connectivity index (χ2n) is 11.5. The van der Waals surface area contributed by atoms with Crippen LogP contribution >= 0.6 is 0 Å². The van der Waals surface area contributed by atoms with Crippen LogP contribution in [0.3, 0.4) is 0 Å². The molecule has 172 valence electrons. The molecule has 4 saturated carbocycles. The maximum absolute atomic E-state index is 5.88. The van der Waals surface area contributed by atoms with Gasteiger partial charge in [-0.05, 0) is 158 Å². The summed E-state index contributed by atoms with van der Waals surface area (Å²) in [5.41, 5.74) is 0. The zero-order valence-corrected chi connectivity index (χ0v) is 20.2. The van der Waals surface area contributed by atoms with E-state index >= 15 is 0 Å². The first-order valence-corrected chi connectivity index (χ1v) is 14.0. The Morgan fingerprint density at radius 1 is 0.533 bits per heavy atom. The predicted molar refractivity (Wildman–Crippen MR) is 129 cm³/mol. The smallest absolute Gasteiger partial charge is 0.0575 e. The Hall–Kier alpha value is -0.300. The van der Waals surface area contributed by atoms with Crippen LogP contribution in [0.5, 0.6) is 0 Å². The van der Waals surface area contributed by atoms with E-state index in [0.717, 1.165) is 48.0 Å². The molecule has 0 N–H and O–H groups in total. The van der Waals surface area contributed by atoms with Crippen molar-refractivity contribution in [2.75, 3.05) is 6.61 Å². The van der Waals surface area contributed by atoms with Crippen LogP contribution in [-0.4, -0.2) is 12.7 Å². The molecule has 0 bridgehead atoms. The summed E-state index contributed by atoms with van der Waals surface area (Å²) in [6.45, 7) is 5.24. The highest BCUT2D eigenvalue weighted by Gasteiger charge is 2.36. The van der Waals surface area contributed by atoms with Crippen LogP contribution in [0.1, 0.15) is 117 Å². The topological polar surface area (TPSA) is 9.23 Å². The molecule has 4 aliphatic carbocycles. The highest BCUT2D eigenvalue weighted by molar-refractivity contribution is 4.92. The van der Waals surface area contributed by atoms with Gasteiger partial charge in [-0.15, -0.1) is 0 Å². The summed E-state index contributed by atoms with van der Waals surface area (Å²) in [5.74, 6) is 7.26. The molecule has 4 aliphatic rings. The van der Waals surface area contributed by atoms with Gasteiger partial charge in [-0.1, -0.05) is 12.2 Å². The van der Waals surface area contributed by atoms with Crippen LogP contribution in [0.4, 0.5) is 0 Å². The molecule has 0 aromatic heterocycles. The molecular formula is C29H50O. The molecule has 4 rings (SSSR count). The van der Waals surface area contributed by atoms with E-state index in [9.17, 15) is 0 Å². The minimum absolute atomic E-state index is 0.580. The first kappa shape index (κ1) is 22.9. The third kappa shape index (κ3) is 5.93. The van der Waals surface area contributed by atoms with Crippen molar-refractivity contribution in [3.63, 3.8) is 0 Å². The fraction of sp³-hybridized carbons (Fsp3) is 0.931. The van der Waals surface area contributed by atoms with Crippen molar-refractivity contribution in [3.8, 4) is 0 Å². The second kappa shape index (κ2) is 11.5. The number of ether oxygens (including phenoxy) is 1. The SMILES string of the molecule is C/C=C/C1CCC(C2CCC(C3CCC(C4CCC(OCC)CC4)CC3)CC2)CC1. The van der Waals surface area contributed by atoms with E-state index in [1.165, 1.54) is 51.4 Å². The van der Waals surface area contributed by atoms with Gasteiger partial charge in [0.1, 0.15) is 0 Å². The normalized spacial score (nSPS) is 43.7. The van der Waals surface area contributed by atoms with Gasteiger partial charge in [0.25, 0.3) is 0 Å². The lowest BCUT2D eigenvalue weighted by Gasteiger charge is -2.43. The monoisotopic (exact) mass is 414 g/mol. The molecule has 0 aromatic carbocycles. The third-order valence-corrected chi connectivity index (χ3v) is 10.0. The maximum Gasteiger partial charge on any atom is 0.0575 e. The van der Waals surface area contributed by atoms with Crippen LogP contribution in [-0.2, 0) is 4.74 Å². The quantitative estimate of drug-likeness (QED) is 0.395. The Balaban J connectivity index is 1.14. The van der Waals surface area contributed by atoms with Crippen molar-refractivity contribution in [2.24, 2.45) is 41.4 Å². The standard InChI is InChI=1S/C29H50O/c1-3-5-22-6-8-23(9-7-22)24-10-12-25(13-11-24)26-14-16-27(17-15-26)28-18-20-29(21-19-28)30-4-2/h3,5,22-29H,4,6-21H2,1-2H3/b5-3+. The molecule has 0 heterocycles. The third-order valence-electron chi connectivity index (χ3n) is 10.0. The largest absolute Gasteiger partial charge is 0.379 e. The molecule has 0 radical (unpaired) electrons. The lowest BCUT2D eigenvalue weighted by Crippen LogP contribution is -2.32. The first-order chi connectivity index (χ1) is 14.8. The summed E-state index contributed by atoms with van der Waals surface area (Å²) < 4.78 is 5.88. The minimum atomic E-state index is 0.580. The van der Waals surface area contributed by atoms with E-state index < -0.39 is 0 Å². The molecule has 0 aliphatic heterocycles. The number of rotatable bonds is 6. The van der Waals surface area contributed by atoms with E-state index in [-0.39, 0.29) is 0 Å². The van der Waals surface area contributed by atoms with Crippen LogP contribution < -0.4 is 0 Å². The van der Waals surface area contributed by atoms with Crippen LogP contribution in [0, 0.1) is 41.4 Å². The van der Waals surface area contributed by atoms with Gasteiger partial charge in [0.15, 0.2) is 0 Å². The highest BCUT2D eigenvalue weighted by Crippen LogP contribution is 2.48. The van der Waals surface area contributed by atoms with Gasteiger partial charge in [-0.3, -0.25) is 0 Å². The average Bonchev–Trinajstić information content (AvgIpc) is 2.81. The van der Waals surface area contributed by atoms with Crippen LogP contribution in [0.2, 0.25) is 0 Å².